The average Bonchev–Trinajstić information content (AvgIpc) is 2.83. The summed E-state index contributed by atoms with van der Waals surface area (Å²) in [6.07, 6.45) is 0. The van der Waals surface area contributed by atoms with Crippen LogP contribution in [-0.4, -0.2) is 19.7 Å². The van der Waals surface area contributed by atoms with Crippen molar-refractivity contribution in [2.75, 3.05) is 13.7 Å². The van der Waals surface area contributed by atoms with Crippen LogP contribution in [0.15, 0.2) is 29.8 Å². The van der Waals surface area contributed by atoms with E-state index >= 15 is 0 Å². The summed E-state index contributed by atoms with van der Waals surface area (Å²) in [5, 5.41) is 9.31. The standard InChI is InChI=1S/C20H25NO3/c1-19(2,3)17-16(24-12-20(17,4)5)14-9-7-8-13(10-14)15(11-21)18(22)23-6/h7-10,15H,12H2,1-6H3. The third-order valence-corrected chi connectivity index (χ3v) is 4.28. The minimum absolute atomic E-state index is 0.0394. The molecule has 0 N–H and O–H groups in total. The summed E-state index contributed by atoms with van der Waals surface area (Å²) in [4.78, 5) is 11.8. The molecule has 0 aromatic heterocycles. The molecule has 4 heteroatoms. The smallest absolute Gasteiger partial charge is 0.327 e. The topological polar surface area (TPSA) is 59.3 Å². The van der Waals surface area contributed by atoms with Gasteiger partial charge < -0.3 is 9.47 Å². The molecular formula is C20H25NO3. The number of rotatable bonds is 3. The van der Waals surface area contributed by atoms with Gasteiger partial charge in [-0.05, 0) is 22.6 Å². The van der Waals surface area contributed by atoms with Crippen molar-refractivity contribution in [1.82, 2.24) is 0 Å². The van der Waals surface area contributed by atoms with Gasteiger partial charge in [0.15, 0.2) is 5.92 Å². The van der Waals surface area contributed by atoms with E-state index in [1.165, 1.54) is 12.7 Å². The molecule has 0 saturated heterocycles. The molecule has 2 rings (SSSR count). The first-order valence-electron chi connectivity index (χ1n) is 8.07. The van der Waals surface area contributed by atoms with E-state index in [1.54, 1.807) is 6.07 Å². The molecule has 0 bridgehead atoms. The Kier molecular flexibility index (Phi) is 4.75. The molecule has 1 aromatic rings. The van der Waals surface area contributed by atoms with Gasteiger partial charge >= 0.3 is 5.97 Å². The highest BCUT2D eigenvalue weighted by Crippen LogP contribution is 2.49. The second kappa shape index (κ2) is 6.32. The van der Waals surface area contributed by atoms with Gasteiger partial charge in [0.2, 0.25) is 0 Å². The number of carbonyl (C=O) groups is 1. The van der Waals surface area contributed by atoms with E-state index in [4.69, 9.17) is 9.47 Å². The van der Waals surface area contributed by atoms with E-state index in [0.717, 1.165) is 11.3 Å². The Morgan fingerprint density at radius 1 is 1.38 bits per heavy atom. The first-order valence-corrected chi connectivity index (χ1v) is 8.07. The highest BCUT2D eigenvalue weighted by atomic mass is 16.5. The molecule has 0 fully saturated rings. The number of carbonyl (C=O) groups excluding carboxylic acids is 1. The molecule has 1 atom stereocenters. The summed E-state index contributed by atoms with van der Waals surface area (Å²) < 4.78 is 10.8. The fraction of sp³-hybridized carbons (Fsp3) is 0.500. The number of nitrogens with zero attached hydrogens (tertiary/aromatic N) is 1. The summed E-state index contributed by atoms with van der Waals surface area (Å²) in [7, 11) is 1.29. The zero-order valence-electron chi connectivity index (χ0n) is 15.3. The maximum absolute atomic E-state index is 11.8. The zero-order chi connectivity index (χ0) is 18.1. The number of hydrogen-bond acceptors (Lipinski definition) is 4. The van der Waals surface area contributed by atoms with E-state index in [1.807, 2.05) is 24.3 Å². The van der Waals surface area contributed by atoms with Gasteiger partial charge in [-0.1, -0.05) is 52.8 Å². The molecule has 1 aliphatic rings. The third-order valence-electron chi connectivity index (χ3n) is 4.28. The maximum atomic E-state index is 11.8. The fourth-order valence-corrected chi connectivity index (χ4v) is 3.53. The molecule has 1 aliphatic heterocycles. The summed E-state index contributed by atoms with van der Waals surface area (Å²) in [6.45, 7) is 11.5. The van der Waals surface area contributed by atoms with Crippen molar-refractivity contribution in [3.63, 3.8) is 0 Å². The number of ether oxygens (including phenoxy) is 2. The van der Waals surface area contributed by atoms with Crippen molar-refractivity contribution >= 4 is 11.7 Å². The number of methoxy groups -OCH3 is 1. The number of esters is 1. The number of benzene rings is 1. The van der Waals surface area contributed by atoms with Gasteiger partial charge in [-0.15, -0.1) is 0 Å². The Morgan fingerprint density at radius 3 is 2.58 bits per heavy atom. The Morgan fingerprint density at radius 2 is 2.04 bits per heavy atom. The van der Waals surface area contributed by atoms with Crippen molar-refractivity contribution in [1.29, 1.82) is 5.26 Å². The largest absolute Gasteiger partial charge is 0.492 e. The Balaban J connectivity index is 2.56. The molecule has 0 amide bonds. The van der Waals surface area contributed by atoms with Crippen LogP contribution in [0.4, 0.5) is 0 Å². The predicted octanol–water partition coefficient (Wildman–Crippen LogP) is 4.28. The SMILES string of the molecule is COC(=O)C(C#N)c1cccc(C2=C(C(C)(C)C)C(C)(C)CO2)c1. The molecule has 0 spiro atoms. The van der Waals surface area contributed by atoms with E-state index in [-0.39, 0.29) is 10.8 Å². The van der Waals surface area contributed by atoms with Crippen molar-refractivity contribution in [3.8, 4) is 6.07 Å². The van der Waals surface area contributed by atoms with Gasteiger partial charge in [-0.2, -0.15) is 5.26 Å². The first kappa shape index (κ1) is 18.1. The molecule has 128 valence electrons. The van der Waals surface area contributed by atoms with Crippen molar-refractivity contribution in [2.45, 2.75) is 40.5 Å². The molecule has 0 radical (unpaired) electrons. The molecule has 0 saturated carbocycles. The van der Waals surface area contributed by atoms with Gasteiger partial charge in [0.05, 0.1) is 19.8 Å². The van der Waals surface area contributed by atoms with Crippen LogP contribution in [0.5, 0.6) is 0 Å². The molecule has 1 aromatic carbocycles. The molecule has 0 aliphatic carbocycles. The maximum Gasteiger partial charge on any atom is 0.327 e. The van der Waals surface area contributed by atoms with Crippen molar-refractivity contribution < 1.29 is 14.3 Å². The van der Waals surface area contributed by atoms with Crippen molar-refractivity contribution in [3.05, 3.63) is 41.0 Å². The summed E-state index contributed by atoms with van der Waals surface area (Å²) in [5.74, 6) is -0.619. The molecular weight excluding hydrogens is 302 g/mol. The van der Waals surface area contributed by atoms with Gasteiger partial charge in [-0.25, -0.2) is 0 Å². The molecule has 24 heavy (non-hydrogen) atoms. The monoisotopic (exact) mass is 327 g/mol. The van der Waals surface area contributed by atoms with Crippen LogP contribution >= 0.6 is 0 Å². The Labute approximate surface area is 144 Å². The number of nitriles is 1. The third kappa shape index (κ3) is 3.31. The van der Waals surface area contributed by atoms with E-state index in [0.29, 0.717) is 12.2 Å². The lowest BCUT2D eigenvalue weighted by Gasteiger charge is -2.30. The summed E-state index contributed by atoms with van der Waals surface area (Å²) in [5.41, 5.74) is 2.67. The zero-order valence-corrected chi connectivity index (χ0v) is 15.3. The lowest BCUT2D eigenvalue weighted by atomic mass is 9.71. The quantitative estimate of drug-likeness (QED) is 0.777. The van der Waals surface area contributed by atoms with Gasteiger partial charge in [0.25, 0.3) is 0 Å². The van der Waals surface area contributed by atoms with Crippen LogP contribution in [0.1, 0.15) is 51.7 Å². The normalized spacial score (nSPS) is 17.9. The second-order valence-corrected chi connectivity index (χ2v) is 7.84. The van der Waals surface area contributed by atoms with E-state index < -0.39 is 11.9 Å². The Bertz CT molecular complexity index is 717. The minimum atomic E-state index is -0.928. The predicted molar refractivity (Wildman–Crippen MR) is 92.9 cm³/mol. The fourth-order valence-electron chi connectivity index (χ4n) is 3.53. The highest BCUT2D eigenvalue weighted by Gasteiger charge is 2.41. The number of hydrogen-bond donors (Lipinski definition) is 0. The van der Waals surface area contributed by atoms with Crippen LogP contribution in [0.3, 0.4) is 0 Å². The lowest BCUT2D eigenvalue weighted by Crippen LogP contribution is -2.24. The van der Waals surface area contributed by atoms with Crippen LogP contribution < -0.4 is 0 Å². The van der Waals surface area contributed by atoms with Crippen LogP contribution in [-0.2, 0) is 14.3 Å². The van der Waals surface area contributed by atoms with Crippen LogP contribution in [0.25, 0.3) is 5.76 Å². The minimum Gasteiger partial charge on any atom is -0.492 e. The van der Waals surface area contributed by atoms with Crippen molar-refractivity contribution in [2.24, 2.45) is 10.8 Å². The molecule has 1 heterocycles. The van der Waals surface area contributed by atoms with E-state index in [2.05, 4.69) is 34.6 Å². The van der Waals surface area contributed by atoms with Crippen LogP contribution in [0, 0.1) is 22.2 Å². The van der Waals surface area contributed by atoms with E-state index in [9.17, 15) is 10.1 Å². The highest BCUT2D eigenvalue weighted by molar-refractivity contribution is 5.82. The first-order chi connectivity index (χ1) is 11.1. The summed E-state index contributed by atoms with van der Waals surface area (Å²) in [6, 6.07) is 9.44. The van der Waals surface area contributed by atoms with Gasteiger partial charge in [0, 0.05) is 11.0 Å². The summed E-state index contributed by atoms with van der Waals surface area (Å²) >= 11 is 0. The van der Waals surface area contributed by atoms with Gasteiger partial charge in [-0.3, -0.25) is 4.79 Å². The molecule has 4 nitrogen and oxygen atoms in total. The molecule has 1 unspecified atom stereocenters. The second-order valence-electron chi connectivity index (χ2n) is 7.84. The lowest BCUT2D eigenvalue weighted by molar-refractivity contribution is -0.140. The Hall–Kier alpha value is -2.28. The van der Waals surface area contributed by atoms with Gasteiger partial charge in [0.1, 0.15) is 5.76 Å². The van der Waals surface area contributed by atoms with Crippen LogP contribution in [0.2, 0.25) is 0 Å². The average molecular weight is 327 g/mol.